The molecule has 0 fully saturated rings. The fourth-order valence-corrected chi connectivity index (χ4v) is 3.34. The molecule has 3 aromatic rings. The van der Waals surface area contributed by atoms with E-state index in [9.17, 15) is 9.59 Å². The highest BCUT2D eigenvalue weighted by Crippen LogP contribution is 2.33. The molecule has 0 atom stereocenters. The number of aromatic nitrogens is 1. The zero-order chi connectivity index (χ0) is 18.8. The number of rotatable bonds is 3. The molecule has 0 radical (unpaired) electrons. The van der Waals surface area contributed by atoms with E-state index >= 15 is 0 Å². The van der Waals surface area contributed by atoms with Crippen molar-refractivity contribution in [3.63, 3.8) is 0 Å². The van der Waals surface area contributed by atoms with E-state index < -0.39 is 5.76 Å². The molecule has 1 amide bonds. The SMILES string of the molecule is COc1cccc2c1OCCCN(C(=O)Cn1c(=O)oc3ccccc31)C2. The van der Waals surface area contributed by atoms with Gasteiger partial charge in [0.2, 0.25) is 5.91 Å². The largest absolute Gasteiger partial charge is 0.493 e. The molecule has 0 spiro atoms. The van der Waals surface area contributed by atoms with Gasteiger partial charge in [0, 0.05) is 18.7 Å². The minimum Gasteiger partial charge on any atom is -0.493 e. The van der Waals surface area contributed by atoms with Crippen LogP contribution in [0.5, 0.6) is 11.5 Å². The van der Waals surface area contributed by atoms with Crippen molar-refractivity contribution in [1.82, 2.24) is 9.47 Å². The quantitative estimate of drug-likeness (QED) is 0.710. The summed E-state index contributed by atoms with van der Waals surface area (Å²) < 4.78 is 17.8. The zero-order valence-corrected chi connectivity index (χ0v) is 15.0. The lowest BCUT2D eigenvalue weighted by Gasteiger charge is -2.27. The number of hydrogen-bond donors (Lipinski definition) is 0. The van der Waals surface area contributed by atoms with Gasteiger partial charge in [-0.2, -0.15) is 0 Å². The predicted octanol–water partition coefficient (Wildman–Crippen LogP) is 2.41. The predicted molar refractivity (Wildman–Crippen MR) is 99.0 cm³/mol. The van der Waals surface area contributed by atoms with Crippen LogP contribution < -0.4 is 15.2 Å². The lowest BCUT2D eigenvalue weighted by molar-refractivity contribution is -0.132. The third-order valence-electron chi connectivity index (χ3n) is 4.68. The molecule has 1 aliphatic heterocycles. The number of fused-ring (bicyclic) bond motifs is 2. The van der Waals surface area contributed by atoms with E-state index in [0.29, 0.717) is 48.7 Å². The number of ether oxygens (including phenoxy) is 2. The molecule has 1 aliphatic rings. The van der Waals surface area contributed by atoms with Gasteiger partial charge in [-0.3, -0.25) is 9.36 Å². The van der Waals surface area contributed by atoms with Crippen LogP contribution in [0.4, 0.5) is 0 Å². The highest BCUT2D eigenvalue weighted by atomic mass is 16.5. The van der Waals surface area contributed by atoms with E-state index in [1.54, 1.807) is 30.2 Å². The van der Waals surface area contributed by atoms with Crippen molar-refractivity contribution in [2.45, 2.75) is 19.5 Å². The van der Waals surface area contributed by atoms with Gasteiger partial charge in [-0.25, -0.2) is 4.79 Å². The molecule has 0 saturated carbocycles. The van der Waals surface area contributed by atoms with Crippen molar-refractivity contribution >= 4 is 17.0 Å². The number of carbonyl (C=O) groups excluding carboxylic acids is 1. The van der Waals surface area contributed by atoms with E-state index in [4.69, 9.17) is 13.9 Å². The molecule has 1 aromatic heterocycles. The van der Waals surface area contributed by atoms with E-state index in [2.05, 4.69) is 0 Å². The van der Waals surface area contributed by atoms with Crippen molar-refractivity contribution in [3.8, 4) is 11.5 Å². The van der Waals surface area contributed by atoms with E-state index in [0.717, 1.165) is 5.56 Å². The fraction of sp³-hybridized carbons (Fsp3) is 0.300. The van der Waals surface area contributed by atoms with Crippen LogP contribution >= 0.6 is 0 Å². The molecule has 7 heteroatoms. The molecule has 2 aromatic carbocycles. The average molecular weight is 368 g/mol. The van der Waals surface area contributed by atoms with Crippen LogP contribution in [0.3, 0.4) is 0 Å². The van der Waals surface area contributed by atoms with Gasteiger partial charge in [-0.15, -0.1) is 0 Å². The standard InChI is InChI=1S/C20H20N2O5/c1-25-17-9-4-6-14-12-21(10-5-11-26-19(14)17)18(23)13-22-15-7-2-3-8-16(15)27-20(22)24/h2-4,6-9H,5,10-13H2,1H3. The number of benzene rings is 2. The minimum atomic E-state index is -0.526. The molecular formula is C20H20N2O5. The minimum absolute atomic E-state index is 0.0595. The van der Waals surface area contributed by atoms with Gasteiger partial charge >= 0.3 is 5.76 Å². The van der Waals surface area contributed by atoms with Gasteiger partial charge in [0.15, 0.2) is 17.1 Å². The van der Waals surface area contributed by atoms with E-state index in [1.165, 1.54) is 4.57 Å². The molecule has 140 valence electrons. The van der Waals surface area contributed by atoms with E-state index in [-0.39, 0.29) is 12.5 Å². The Labute approximate surface area is 155 Å². The van der Waals surface area contributed by atoms with Crippen molar-refractivity contribution in [3.05, 3.63) is 58.6 Å². The van der Waals surface area contributed by atoms with Crippen LogP contribution in [0.25, 0.3) is 11.1 Å². The first kappa shape index (κ1) is 17.2. The normalized spacial score (nSPS) is 14.2. The third kappa shape index (κ3) is 3.28. The molecule has 4 rings (SSSR count). The van der Waals surface area contributed by atoms with Gasteiger partial charge in [0.25, 0.3) is 0 Å². The molecule has 27 heavy (non-hydrogen) atoms. The fourth-order valence-electron chi connectivity index (χ4n) is 3.34. The Kier molecular flexibility index (Phi) is 4.58. The second-order valence-electron chi connectivity index (χ2n) is 6.39. The number of oxazole rings is 1. The molecular weight excluding hydrogens is 348 g/mol. The van der Waals surface area contributed by atoms with Gasteiger partial charge in [0.05, 0.1) is 19.2 Å². The van der Waals surface area contributed by atoms with Crippen LogP contribution in [0.15, 0.2) is 51.7 Å². The first-order chi connectivity index (χ1) is 13.2. The highest BCUT2D eigenvalue weighted by molar-refractivity contribution is 5.79. The number of carbonyl (C=O) groups is 1. The molecule has 0 saturated heterocycles. The summed E-state index contributed by atoms with van der Waals surface area (Å²) in [5.74, 6) is 0.656. The second kappa shape index (κ2) is 7.19. The van der Waals surface area contributed by atoms with Gasteiger partial charge in [0.1, 0.15) is 6.54 Å². The van der Waals surface area contributed by atoms with E-state index in [1.807, 2.05) is 24.3 Å². The monoisotopic (exact) mass is 368 g/mol. The van der Waals surface area contributed by atoms with Crippen molar-refractivity contribution in [1.29, 1.82) is 0 Å². The van der Waals surface area contributed by atoms with Gasteiger partial charge in [-0.05, 0) is 24.6 Å². The first-order valence-electron chi connectivity index (χ1n) is 8.82. The van der Waals surface area contributed by atoms with Crippen molar-refractivity contribution in [2.75, 3.05) is 20.3 Å². The maximum absolute atomic E-state index is 12.9. The Bertz CT molecular complexity index is 1040. The summed E-state index contributed by atoms with van der Waals surface area (Å²) in [5, 5.41) is 0. The van der Waals surface area contributed by atoms with Crippen LogP contribution in [0, 0.1) is 0 Å². The third-order valence-corrected chi connectivity index (χ3v) is 4.68. The molecule has 7 nitrogen and oxygen atoms in total. The second-order valence-corrected chi connectivity index (χ2v) is 6.39. The summed E-state index contributed by atoms with van der Waals surface area (Å²) in [5.41, 5.74) is 1.98. The van der Waals surface area contributed by atoms with Crippen molar-refractivity contribution < 1.29 is 18.7 Å². The summed E-state index contributed by atoms with van der Waals surface area (Å²) in [6.07, 6.45) is 0.699. The first-order valence-corrected chi connectivity index (χ1v) is 8.82. The summed E-state index contributed by atoms with van der Waals surface area (Å²) >= 11 is 0. The van der Waals surface area contributed by atoms with Crippen LogP contribution in [0.1, 0.15) is 12.0 Å². The van der Waals surface area contributed by atoms with Crippen LogP contribution in [0.2, 0.25) is 0 Å². The maximum atomic E-state index is 12.9. The summed E-state index contributed by atoms with van der Waals surface area (Å²) in [6.45, 7) is 1.39. The van der Waals surface area contributed by atoms with Gasteiger partial charge in [-0.1, -0.05) is 24.3 Å². The smallest absolute Gasteiger partial charge is 0.420 e. The number of nitrogens with zero attached hydrogens (tertiary/aromatic N) is 2. The summed E-state index contributed by atoms with van der Waals surface area (Å²) in [4.78, 5) is 26.8. The average Bonchev–Trinajstić information content (AvgIpc) is 2.97. The number of hydrogen-bond acceptors (Lipinski definition) is 5. The molecule has 0 bridgehead atoms. The van der Waals surface area contributed by atoms with Crippen LogP contribution in [-0.4, -0.2) is 35.6 Å². The maximum Gasteiger partial charge on any atom is 0.420 e. The lowest BCUT2D eigenvalue weighted by Crippen LogP contribution is -2.37. The Morgan fingerprint density at radius 3 is 2.89 bits per heavy atom. The Hall–Kier alpha value is -3.22. The molecule has 0 aliphatic carbocycles. The number of amides is 1. The Morgan fingerprint density at radius 2 is 2.04 bits per heavy atom. The van der Waals surface area contributed by atoms with Gasteiger partial charge < -0.3 is 18.8 Å². The topological polar surface area (TPSA) is 73.9 Å². The Balaban J connectivity index is 1.61. The number of para-hydroxylation sites is 3. The lowest BCUT2D eigenvalue weighted by atomic mass is 10.1. The zero-order valence-electron chi connectivity index (χ0n) is 15.0. The Morgan fingerprint density at radius 1 is 1.19 bits per heavy atom. The highest BCUT2D eigenvalue weighted by Gasteiger charge is 2.22. The molecule has 0 N–H and O–H groups in total. The molecule has 2 heterocycles. The van der Waals surface area contributed by atoms with Crippen LogP contribution in [-0.2, 0) is 17.9 Å². The van der Waals surface area contributed by atoms with Crippen molar-refractivity contribution in [2.24, 2.45) is 0 Å². The number of methoxy groups -OCH3 is 1. The molecule has 0 unspecified atom stereocenters. The summed E-state index contributed by atoms with van der Waals surface area (Å²) in [7, 11) is 1.59. The summed E-state index contributed by atoms with van der Waals surface area (Å²) in [6, 6.07) is 12.7.